The van der Waals surface area contributed by atoms with Crippen LogP contribution in [0.5, 0.6) is 5.75 Å². The van der Waals surface area contributed by atoms with E-state index in [0.29, 0.717) is 31.2 Å². The number of benzene rings is 2. The molecule has 2 unspecified atom stereocenters. The van der Waals surface area contributed by atoms with Crippen molar-refractivity contribution in [2.75, 3.05) is 51.3 Å². The van der Waals surface area contributed by atoms with Crippen LogP contribution in [-0.4, -0.2) is 90.9 Å². The molecule has 0 bridgehead atoms. The van der Waals surface area contributed by atoms with Gasteiger partial charge in [0, 0.05) is 63.0 Å². The molecular weight excluding hydrogens is 506 g/mol. The van der Waals surface area contributed by atoms with E-state index >= 15 is 0 Å². The zero-order valence-electron chi connectivity index (χ0n) is 23.3. The van der Waals surface area contributed by atoms with Crippen molar-refractivity contribution in [2.24, 2.45) is 0 Å². The molecule has 4 aliphatic heterocycles. The van der Waals surface area contributed by atoms with Crippen LogP contribution in [0.25, 0.3) is 0 Å². The van der Waals surface area contributed by atoms with Crippen LogP contribution in [0.2, 0.25) is 0 Å². The third-order valence-electron chi connectivity index (χ3n) is 8.88. The normalized spacial score (nSPS) is 24.3. The maximum atomic E-state index is 13.0. The number of imide groups is 1. The van der Waals surface area contributed by atoms with Crippen molar-refractivity contribution in [3.63, 3.8) is 0 Å². The molecule has 3 fully saturated rings. The Bertz CT molecular complexity index is 1260. The first-order valence-electron chi connectivity index (χ1n) is 14.6. The SMILES string of the molecule is CN1CCN(c2ccc(CN3CCCCC3COc3ccc4c(c3)CN(C3CCC(=O)NC3=O)C4=O)cc2)CC1. The summed E-state index contributed by atoms with van der Waals surface area (Å²) < 4.78 is 6.29. The molecule has 3 amide bonds. The molecule has 2 aromatic carbocycles. The van der Waals surface area contributed by atoms with Gasteiger partial charge in [0.2, 0.25) is 11.8 Å². The summed E-state index contributed by atoms with van der Waals surface area (Å²) in [5, 5.41) is 2.36. The number of carbonyl (C=O) groups is 3. The fourth-order valence-corrected chi connectivity index (χ4v) is 6.40. The number of likely N-dealkylation sites (N-methyl/N-ethyl adjacent to an activating group) is 1. The van der Waals surface area contributed by atoms with E-state index in [4.69, 9.17) is 4.74 Å². The highest BCUT2D eigenvalue weighted by atomic mass is 16.5. The first-order chi connectivity index (χ1) is 19.4. The Morgan fingerprint density at radius 3 is 2.50 bits per heavy atom. The van der Waals surface area contributed by atoms with Gasteiger partial charge in [0.1, 0.15) is 18.4 Å². The van der Waals surface area contributed by atoms with Gasteiger partial charge < -0.3 is 19.4 Å². The number of piperidine rings is 2. The highest BCUT2D eigenvalue weighted by Gasteiger charge is 2.39. The molecule has 6 rings (SSSR count). The number of fused-ring (bicyclic) bond motifs is 1. The molecule has 4 heterocycles. The third kappa shape index (κ3) is 5.71. The number of piperazine rings is 1. The minimum absolute atomic E-state index is 0.159. The van der Waals surface area contributed by atoms with Gasteiger partial charge in [0.15, 0.2) is 0 Å². The van der Waals surface area contributed by atoms with Crippen LogP contribution in [0.15, 0.2) is 42.5 Å². The zero-order chi connectivity index (χ0) is 27.6. The van der Waals surface area contributed by atoms with Gasteiger partial charge in [-0.25, -0.2) is 0 Å². The van der Waals surface area contributed by atoms with Gasteiger partial charge in [-0.05, 0) is 74.3 Å². The maximum absolute atomic E-state index is 13.0. The molecule has 0 aromatic heterocycles. The number of hydrogen-bond donors (Lipinski definition) is 1. The van der Waals surface area contributed by atoms with Crippen LogP contribution >= 0.6 is 0 Å². The Balaban J connectivity index is 1.05. The van der Waals surface area contributed by atoms with Gasteiger partial charge in [-0.15, -0.1) is 0 Å². The van der Waals surface area contributed by atoms with Crippen LogP contribution in [0, 0.1) is 0 Å². The lowest BCUT2D eigenvalue weighted by Gasteiger charge is -2.36. The standard InChI is InChI=1S/C31H39N5O4/c1-33-14-16-34(17-15-33)24-7-5-22(6-8-24)19-35-13-3-2-4-25(35)21-40-26-9-10-27-23(18-26)20-36(31(27)39)28-11-12-29(37)32-30(28)38/h5-10,18,25,28H,2-4,11-17,19-21H2,1H3,(H,32,37,38). The van der Waals surface area contributed by atoms with Crippen molar-refractivity contribution < 1.29 is 19.1 Å². The highest BCUT2D eigenvalue weighted by Crippen LogP contribution is 2.31. The van der Waals surface area contributed by atoms with Gasteiger partial charge >= 0.3 is 0 Å². The molecule has 40 heavy (non-hydrogen) atoms. The van der Waals surface area contributed by atoms with Gasteiger partial charge in [-0.2, -0.15) is 0 Å². The van der Waals surface area contributed by atoms with Gasteiger partial charge in [-0.1, -0.05) is 18.6 Å². The average molecular weight is 546 g/mol. The second-order valence-corrected chi connectivity index (χ2v) is 11.6. The molecule has 4 aliphatic rings. The lowest BCUT2D eigenvalue weighted by Crippen LogP contribution is -2.52. The minimum Gasteiger partial charge on any atom is -0.492 e. The third-order valence-corrected chi connectivity index (χ3v) is 8.88. The van der Waals surface area contributed by atoms with Crippen LogP contribution in [0.4, 0.5) is 5.69 Å². The lowest BCUT2D eigenvalue weighted by atomic mass is 10.0. The summed E-state index contributed by atoms with van der Waals surface area (Å²) in [7, 11) is 2.18. The molecular formula is C31H39N5O4. The fourth-order valence-electron chi connectivity index (χ4n) is 6.40. The second-order valence-electron chi connectivity index (χ2n) is 11.6. The maximum Gasteiger partial charge on any atom is 0.255 e. The summed E-state index contributed by atoms with van der Waals surface area (Å²) in [6, 6.07) is 14.4. The van der Waals surface area contributed by atoms with E-state index in [0.717, 1.165) is 57.0 Å². The first kappa shape index (κ1) is 26.8. The number of likely N-dealkylation sites (tertiary alicyclic amines) is 1. The van der Waals surface area contributed by atoms with E-state index in [1.165, 1.54) is 24.1 Å². The van der Waals surface area contributed by atoms with E-state index in [1.54, 1.807) is 11.0 Å². The Hall–Kier alpha value is -3.43. The van der Waals surface area contributed by atoms with Crippen LogP contribution in [0.3, 0.4) is 0 Å². The summed E-state index contributed by atoms with van der Waals surface area (Å²) in [6.45, 7) is 7.30. The molecule has 0 radical (unpaired) electrons. The Kier molecular flexibility index (Phi) is 7.76. The summed E-state index contributed by atoms with van der Waals surface area (Å²) in [5.74, 6) is -0.0763. The predicted molar refractivity (Wildman–Crippen MR) is 152 cm³/mol. The van der Waals surface area contributed by atoms with Crippen molar-refractivity contribution in [3.8, 4) is 5.75 Å². The number of amides is 3. The molecule has 1 N–H and O–H groups in total. The number of ether oxygens (including phenoxy) is 1. The van der Waals surface area contributed by atoms with Crippen molar-refractivity contribution in [1.29, 1.82) is 0 Å². The van der Waals surface area contributed by atoms with Gasteiger partial charge in [-0.3, -0.25) is 24.6 Å². The number of carbonyl (C=O) groups excluding carboxylic acids is 3. The Morgan fingerprint density at radius 1 is 0.925 bits per heavy atom. The number of hydrogen-bond acceptors (Lipinski definition) is 7. The van der Waals surface area contributed by atoms with E-state index in [1.807, 2.05) is 12.1 Å². The predicted octanol–water partition coefficient (Wildman–Crippen LogP) is 2.63. The van der Waals surface area contributed by atoms with Crippen molar-refractivity contribution in [3.05, 3.63) is 59.2 Å². The van der Waals surface area contributed by atoms with Crippen LogP contribution < -0.4 is 15.0 Å². The van der Waals surface area contributed by atoms with Crippen molar-refractivity contribution in [1.82, 2.24) is 20.0 Å². The molecule has 0 aliphatic carbocycles. The largest absolute Gasteiger partial charge is 0.492 e. The summed E-state index contributed by atoms with van der Waals surface area (Å²) in [4.78, 5) is 45.8. The summed E-state index contributed by atoms with van der Waals surface area (Å²) in [5.41, 5.74) is 4.11. The minimum atomic E-state index is -0.603. The first-order valence-corrected chi connectivity index (χ1v) is 14.6. The van der Waals surface area contributed by atoms with Gasteiger partial charge in [0.05, 0.1) is 0 Å². The Labute approximate surface area is 236 Å². The lowest BCUT2D eigenvalue weighted by molar-refractivity contribution is -0.136. The van der Waals surface area contributed by atoms with Crippen molar-refractivity contribution >= 4 is 23.4 Å². The summed E-state index contributed by atoms with van der Waals surface area (Å²) in [6.07, 6.45) is 4.12. The second kappa shape index (κ2) is 11.6. The zero-order valence-corrected chi connectivity index (χ0v) is 23.3. The van der Waals surface area contributed by atoms with Gasteiger partial charge in [0.25, 0.3) is 5.91 Å². The van der Waals surface area contributed by atoms with Crippen molar-refractivity contribution in [2.45, 2.75) is 57.3 Å². The smallest absolute Gasteiger partial charge is 0.255 e. The number of nitrogens with one attached hydrogen (secondary N) is 1. The summed E-state index contributed by atoms with van der Waals surface area (Å²) >= 11 is 0. The number of rotatable bonds is 7. The average Bonchev–Trinajstić information content (AvgIpc) is 3.28. The number of nitrogens with zero attached hydrogens (tertiary/aromatic N) is 4. The van der Waals surface area contributed by atoms with E-state index in [2.05, 4.69) is 51.3 Å². The van der Waals surface area contributed by atoms with E-state index in [-0.39, 0.29) is 24.1 Å². The highest BCUT2D eigenvalue weighted by molar-refractivity contribution is 6.05. The monoisotopic (exact) mass is 545 g/mol. The molecule has 9 nitrogen and oxygen atoms in total. The molecule has 3 saturated heterocycles. The quantitative estimate of drug-likeness (QED) is 0.536. The molecule has 0 saturated carbocycles. The molecule has 2 atom stereocenters. The topological polar surface area (TPSA) is 85.4 Å². The molecule has 9 heteroatoms. The van der Waals surface area contributed by atoms with Crippen LogP contribution in [-0.2, 0) is 22.7 Å². The van der Waals surface area contributed by atoms with E-state index in [9.17, 15) is 14.4 Å². The Morgan fingerprint density at radius 2 is 1.73 bits per heavy atom. The number of anilines is 1. The molecule has 0 spiro atoms. The molecule has 212 valence electrons. The fraction of sp³-hybridized carbons (Fsp3) is 0.516. The molecule has 2 aromatic rings. The van der Waals surface area contributed by atoms with E-state index < -0.39 is 6.04 Å². The van der Waals surface area contributed by atoms with Crippen LogP contribution in [0.1, 0.15) is 53.6 Å².